The van der Waals surface area contributed by atoms with E-state index in [1.165, 1.54) is 38.4 Å². The first kappa shape index (κ1) is 25.2. The van der Waals surface area contributed by atoms with Gasteiger partial charge in [-0.25, -0.2) is 4.39 Å². The molecule has 0 saturated carbocycles. The summed E-state index contributed by atoms with van der Waals surface area (Å²) in [4.78, 5) is 0. The van der Waals surface area contributed by atoms with Crippen LogP contribution in [0.4, 0.5) is 4.39 Å². The lowest BCUT2D eigenvalue weighted by atomic mass is 9.80. The molecule has 0 aromatic heterocycles. The van der Waals surface area contributed by atoms with Crippen LogP contribution in [0.3, 0.4) is 0 Å². The molecule has 6 aromatic carbocycles. The summed E-state index contributed by atoms with van der Waals surface area (Å²) in [6.45, 7) is 10.7. The lowest BCUT2D eigenvalue weighted by Crippen LogP contribution is -2.15. The van der Waals surface area contributed by atoms with E-state index in [0.717, 1.165) is 38.4 Å². The minimum absolute atomic E-state index is 0.104. The van der Waals surface area contributed by atoms with Crippen LogP contribution in [0.5, 0.6) is 0 Å². The van der Waals surface area contributed by atoms with Crippen LogP contribution in [0.1, 0.15) is 31.9 Å². The quantitative estimate of drug-likeness (QED) is 0.157. The second kappa shape index (κ2) is 9.42. The highest BCUT2D eigenvalue weighted by atomic mass is 19.1. The molecule has 0 N–H and O–H groups in total. The molecule has 0 saturated heterocycles. The van der Waals surface area contributed by atoms with Gasteiger partial charge in [0.15, 0.2) is 0 Å². The third kappa shape index (κ3) is 3.80. The van der Waals surface area contributed by atoms with Crippen molar-refractivity contribution in [1.82, 2.24) is 0 Å². The summed E-state index contributed by atoms with van der Waals surface area (Å²) in [6, 6.07) is 35.5. The summed E-state index contributed by atoms with van der Waals surface area (Å²) in [5, 5.41) is 6.62. The highest BCUT2D eigenvalue weighted by molar-refractivity contribution is 6.23. The second-order valence-electron chi connectivity index (χ2n) is 11.5. The smallest absolute Gasteiger partial charge is 0.123 e. The van der Waals surface area contributed by atoms with Gasteiger partial charge >= 0.3 is 0 Å². The van der Waals surface area contributed by atoms with Crippen molar-refractivity contribution in [2.75, 3.05) is 0 Å². The van der Waals surface area contributed by atoms with Crippen molar-refractivity contribution in [1.29, 1.82) is 0 Å². The molecule has 1 aliphatic carbocycles. The van der Waals surface area contributed by atoms with E-state index in [0.29, 0.717) is 0 Å². The van der Waals surface area contributed by atoms with E-state index in [2.05, 4.69) is 118 Å². The minimum atomic E-state index is -0.228. The molecular weight excluding hydrogens is 499 g/mol. The maximum absolute atomic E-state index is 15.0. The van der Waals surface area contributed by atoms with Gasteiger partial charge in [-0.05, 0) is 96.4 Å². The van der Waals surface area contributed by atoms with Gasteiger partial charge in [0.05, 0.1) is 0 Å². The van der Waals surface area contributed by atoms with Crippen molar-refractivity contribution in [3.63, 3.8) is 0 Å². The van der Waals surface area contributed by atoms with Gasteiger partial charge in [0.25, 0.3) is 0 Å². The first-order valence-corrected chi connectivity index (χ1v) is 14.2. The summed E-state index contributed by atoms with van der Waals surface area (Å²) in [5.74, 6) is -0.228. The second-order valence-corrected chi connectivity index (χ2v) is 11.5. The van der Waals surface area contributed by atoms with Crippen molar-refractivity contribution in [3.05, 3.63) is 150 Å². The Morgan fingerprint density at radius 1 is 0.659 bits per heavy atom. The van der Waals surface area contributed by atoms with E-state index in [4.69, 9.17) is 0 Å². The number of hydrogen-bond donors (Lipinski definition) is 0. The van der Waals surface area contributed by atoms with E-state index in [9.17, 15) is 0 Å². The molecule has 198 valence electrons. The zero-order valence-corrected chi connectivity index (χ0v) is 23.6. The van der Waals surface area contributed by atoms with Crippen LogP contribution in [-0.2, 0) is 5.41 Å². The molecule has 0 atom stereocenters. The van der Waals surface area contributed by atoms with E-state index in [1.54, 1.807) is 12.1 Å². The van der Waals surface area contributed by atoms with Gasteiger partial charge in [0.2, 0.25) is 0 Å². The first-order valence-electron chi connectivity index (χ1n) is 14.2. The summed E-state index contributed by atoms with van der Waals surface area (Å²) in [6.07, 6.45) is 6.01. The zero-order chi connectivity index (χ0) is 28.3. The fraction of sp³-hybridized carbons (Fsp3) is 0.100. The number of allylic oxidation sites excluding steroid dienone is 5. The summed E-state index contributed by atoms with van der Waals surface area (Å²) in [7, 11) is 0. The lowest BCUT2D eigenvalue weighted by Gasteiger charge is -2.24. The molecule has 1 aliphatic rings. The molecule has 0 aliphatic heterocycles. The van der Waals surface area contributed by atoms with Gasteiger partial charge in [0.1, 0.15) is 5.82 Å². The topological polar surface area (TPSA) is 0 Å². The monoisotopic (exact) mass is 530 g/mol. The Labute approximate surface area is 240 Å². The maximum Gasteiger partial charge on any atom is 0.123 e. The van der Waals surface area contributed by atoms with Gasteiger partial charge in [-0.2, -0.15) is 0 Å². The third-order valence-electron chi connectivity index (χ3n) is 9.06. The van der Waals surface area contributed by atoms with Crippen LogP contribution in [-0.4, -0.2) is 0 Å². The Morgan fingerprint density at radius 2 is 1.34 bits per heavy atom. The molecular formula is C40H31F. The molecule has 0 radical (unpaired) electrons. The van der Waals surface area contributed by atoms with E-state index in [1.807, 2.05) is 18.2 Å². The SMILES string of the molecule is C=C/C=C\C1=C(C)C(C)(C)c2cc(-c3c4ccccc4c(-c4cccc5ccccc45)c4cc(F)ccc34)ccc21. The minimum Gasteiger partial charge on any atom is -0.207 e. The Kier molecular flexibility index (Phi) is 5.80. The molecule has 0 nitrogen and oxygen atoms in total. The predicted octanol–water partition coefficient (Wildman–Crippen LogP) is 11.4. The van der Waals surface area contributed by atoms with Gasteiger partial charge in [0, 0.05) is 5.41 Å². The van der Waals surface area contributed by atoms with Crippen molar-refractivity contribution < 1.29 is 4.39 Å². The molecule has 6 aromatic rings. The molecule has 41 heavy (non-hydrogen) atoms. The standard InChI is InChI=1S/C40H31F/c1-5-6-14-29-25(2)40(3,4)37-23-27(19-21-31(29)37)38-33-16-9-10-17-34(33)39(36-24-28(41)20-22-35(36)38)32-18-11-13-26-12-7-8-15-30(26)32/h5-24H,1H2,2-4H3/b14-6-. The van der Waals surface area contributed by atoms with Crippen LogP contribution in [0.15, 0.2) is 134 Å². The average molecular weight is 531 g/mol. The average Bonchev–Trinajstić information content (AvgIpc) is 3.18. The van der Waals surface area contributed by atoms with Crippen LogP contribution >= 0.6 is 0 Å². The molecule has 0 heterocycles. The Bertz CT molecular complexity index is 2100. The highest BCUT2D eigenvalue weighted by Gasteiger charge is 2.34. The van der Waals surface area contributed by atoms with Gasteiger partial charge in [-0.3, -0.25) is 0 Å². The van der Waals surface area contributed by atoms with Crippen molar-refractivity contribution in [2.24, 2.45) is 0 Å². The normalized spacial score (nSPS) is 14.4. The van der Waals surface area contributed by atoms with Gasteiger partial charge in [-0.1, -0.05) is 129 Å². The van der Waals surface area contributed by atoms with Crippen molar-refractivity contribution >= 4 is 37.9 Å². The summed E-state index contributed by atoms with van der Waals surface area (Å²) in [5.41, 5.74) is 9.58. The number of benzene rings is 6. The molecule has 7 rings (SSSR count). The van der Waals surface area contributed by atoms with E-state index < -0.39 is 0 Å². The lowest BCUT2D eigenvalue weighted by molar-refractivity contribution is 0.630. The molecule has 0 spiro atoms. The van der Waals surface area contributed by atoms with Crippen LogP contribution in [0.2, 0.25) is 0 Å². The highest BCUT2D eigenvalue weighted by Crippen LogP contribution is 2.50. The fourth-order valence-electron chi connectivity index (χ4n) is 6.77. The Balaban J connectivity index is 1.57. The molecule has 1 heteroatoms. The van der Waals surface area contributed by atoms with E-state index >= 15 is 4.39 Å². The third-order valence-corrected chi connectivity index (χ3v) is 9.06. The number of hydrogen-bond acceptors (Lipinski definition) is 0. The van der Waals surface area contributed by atoms with Crippen molar-refractivity contribution in [3.8, 4) is 22.3 Å². The largest absolute Gasteiger partial charge is 0.207 e. The first-order chi connectivity index (χ1) is 19.9. The predicted molar refractivity (Wildman–Crippen MR) is 175 cm³/mol. The van der Waals surface area contributed by atoms with Crippen LogP contribution in [0, 0.1) is 5.82 Å². The maximum atomic E-state index is 15.0. The zero-order valence-electron chi connectivity index (χ0n) is 23.6. The van der Waals surface area contributed by atoms with Gasteiger partial charge < -0.3 is 0 Å². The Morgan fingerprint density at radius 3 is 2.12 bits per heavy atom. The molecule has 0 unspecified atom stereocenters. The number of fused-ring (bicyclic) bond motifs is 4. The van der Waals surface area contributed by atoms with Crippen molar-refractivity contribution in [2.45, 2.75) is 26.2 Å². The van der Waals surface area contributed by atoms with Gasteiger partial charge in [-0.15, -0.1) is 0 Å². The summed E-state index contributed by atoms with van der Waals surface area (Å²) < 4.78 is 15.0. The number of rotatable bonds is 4. The van der Waals surface area contributed by atoms with Crippen LogP contribution in [0.25, 0.3) is 60.1 Å². The summed E-state index contributed by atoms with van der Waals surface area (Å²) >= 11 is 0. The van der Waals surface area contributed by atoms with Crippen LogP contribution < -0.4 is 0 Å². The molecule has 0 fully saturated rings. The Hall–Kier alpha value is -4.75. The molecule has 0 amide bonds. The van der Waals surface area contributed by atoms with E-state index in [-0.39, 0.29) is 11.2 Å². The number of halogens is 1. The fourth-order valence-corrected chi connectivity index (χ4v) is 6.77. The molecule has 0 bridgehead atoms.